The third kappa shape index (κ3) is 5.37. The molecule has 100 valence electrons. The maximum absolute atomic E-state index is 11.5. The Kier molecular flexibility index (Phi) is 5.21. The zero-order valence-electron chi connectivity index (χ0n) is 11.0. The summed E-state index contributed by atoms with van der Waals surface area (Å²) in [6.45, 7) is 8.02. The minimum absolute atomic E-state index is 0.183. The zero-order valence-corrected chi connectivity index (χ0v) is 11.0. The topological polar surface area (TPSA) is 70.6 Å². The van der Waals surface area contributed by atoms with E-state index in [1.165, 1.54) is 0 Å². The van der Waals surface area contributed by atoms with E-state index in [0.717, 1.165) is 19.5 Å². The summed E-state index contributed by atoms with van der Waals surface area (Å²) in [6, 6.07) is 0. The Hall–Kier alpha value is -0.810. The first-order valence-electron chi connectivity index (χ1n) is 6.21. The summed E-state index contributed by atoms with van der Waals surface area (Å²) in [6.07, 6.45) is 0.566. The van der Waals surface area contributed by atoms with Gasteiger partial charge in [-0.1, -0.05) is 0 Å². The van der Waals surface area contributed by atoms with Gasteiger partial charge in [0, 0.05) is 13.2 Å². The molecular formula is C12H24N2O3. The van der Waals surface area contributed by atoms with E-state index < -0.39 is 5.60 Å². The van der Waals surface area contributed by atoms with E-state index in [1.54, 1.807) is 0 Å². The largest absolute Gasteiger partial charge is 0.444 e. The fourth-order valence-electron chi connectivity index (χ4n) is 1.99. The van der Waals surface area contributed by atoms with Crippen LogP contribution in [0.4, 0.5) is 4.79 Å². The fourth-order valence-corrected chi connectivity index (χ4v) is 1.99. The molecule has 1 rings (SSSR count). The molecule has 0 bridgehead atoms. The summed E-state index contributed by atoms with van der Waals surface area (Å²) < 4.78 is 5.16. The lowest BCUT2D eigenvalue weighted by Crippen LogP contribution is -2.45. The summed E-state index contributed by atoms with van der Waals surface area (Å²) in [5, 5.41) is 15.3. The van der Waals surface area contributed by atoms with Crippen molar-refractivity contribution in [1.82, 2.24) is 10.6 Å². The van der Waals surface area contributed by atoms with Crippen molar-refractivity contribution in [3.05, 3.63) is 0 Å². The molecule has 1 fully saturated rings. The van der Waals surface area contributed by atoms with Crippen molar-refractivity contribution in [2.75, 3.05) is 26.2 Å². The van der Waals surface area contributed by atoms with E-state index in [0.29, 0.717) is 6.54 Å². The molecule has 1 amide bonds. The van der Waals surface area contributed by atoms with Gasteiger partial charge in [-0.05, 0) is 52.1 Å². The van der Waals surface area contributed by atoms with Crippen LogP contribution in [-0.4, -0.2) is 43.0 Å². The monoisotopic (exact) mass is 244 g/mol. The van der Waals surface area contributed by atoms with Crippen LogP contribution in [0.5, 0.6) is 0 Å². The number of hydrogen-bond donors (Lipinski definition) is 3. The molecule has 1 aliphatic rings. The highest BCUT2D eigenvalue weighted by Crippen LogP contribution is 2.17. The average molecular weight is 244 g/mol. The standard InChI is InChI=1S/C12H24N2O3/c1-12(2,3)17-11(16)14-7-10-6-13-5-4-9(10)8-15/h9-10,13,15H,4-8H2,1-3H3,(H,14,16)/t9-,10+/m1/s1. The van der Waals surface area contributed by atoms with Crippen LogP contribution in [0.15, 0.2) is 0 Å². The van der Waals surface area contributed by atoms with E-state index in [4.69, 9.17) is 4.74 Å². The molecule has 0 unspecified atom stereocenters. The maximum Gasteiger partial charge on any atom is 0.407 e. The lowest BCUT2D eigenvalue weighted by atomic mass is 9.87. The summed E-state index contributed by atoms with van der Waals surface area (Å²) in [4.78, 5) is 11.5. The van der Waals surface area contributed by atoms with Crippen LogP contribution < -0.4 is 10.6 Å². The SMILES string of the molecule is CC(C)(C)OC(=O)NC[C@@H]1CNCC[C@@H]1CO. The van der Waals surface area contributed by atoms with E-state index >= 15 is 0 Å². The molecular weight excluding hydrogens is 220 g/mol. The van der Waals surface area contributed by atoms with Gasteiger partial charge in [-0.25, -0.2) is 4.79 Å². The number of alkyl carbamates (subject to hydrolysis) is 1. The van der Waals surface area contributed by atoms with Crippen molar-refractivity contribution in [2.45, 2.75) is 32.8 Å². The molecule has 0 aromatic heterocycles. The number of piperidine rings is 1. The van der Waals surface area contributed by atoms with Crippen molar-refractivity contribution in [1.29, 1.82) is 0 Å². The molecule has 0 aliphatic carbocycles. The van der Waals surface area contributed by atoms with Crippen LogP contribution >= 0.6 is 0 Å². The highest BCUT2D eigenvalue weighted by molar-refractivity contribution is 5.67. The van der Waals surface area contributed by atoms with Crippen molar-refractivity contribution in [2.24, 2.45) is 11.8 Å². The average Bonchev–Trinajstić information content (AvgIpc) is 2.24. The third-order valence-corrected chi connectivity index (χ3v) is 2.91. The fraction of sp³-hybridized carbons (Fsp3) is 0.917. The number of nitrogens with one attached hydrogen (secondary N) is 2. The van der Waals surface area contributed by atoms with Crippen LogP contribution in [-0.2, 0) is 4.74 Å². The molecule has 1 aliphatic heterocycles. The molecule has 0 spiro atoms. The predicted octanol–water partition coefficient (Wildman–Crippen LogP) is 0.729. The van der Waals surface area contributed by atoms with Gasteiger partial charge in [0.25, 0.3) is 0 Å². The van der Waals surface area contributed by atoms with Gasteiger partial charge >= 0.3 is 6.09 Å². The molecule has 0 radical (unpaired) electrons. The van der Waals surface area contributed by atoms with Crippen LogP contribution in [0.1, 0.15) is 27.2 Å². The first kappa shape index (κ1) is 14.3. The van der Waals surface area contributed by atoms with Gasteiger partial charge in [-0.2, -0.15) is 0 Å². The van der Waals surface area contributed by atoms with Crippen LogP contribution in [0.25, 0.3) is 0 Å². The number of rotatable bonds is 3. The number of ether oxygens (including phenoxy) is 1. The Morgan fingerprint density at radius 2 is 2.18 bits per heavy atom. The number of amides is 1. The first-order chi connectivity index (χ1) is 7.92. The van der Waals surface area contributed by atoms with Crippen LogP contribution in [0.3, 0.4) is 0 Å². The molecule has 17 heavy (non-hydrogen) atoms. The zero-order chi connectivity index (χ0) is 12.9. The lowest BCUT2D eigenvalue weighted by Gasteiger charge is -2.31. The number of carbonyl (C=O) groups is 1. The first-order valence-corrected chi connectivity index (χ1v) is 6.21. The van der Waals surface area contributed by atoms with Gasteiger partial charge in [0.15, 0.2) is 0 Å². The highest BCUT2D eigenvalue weighted by Gasteiger charge is 2.25. The van der Waals surface area contributed by atoms with E-state index in [2.05, 4.69) is 10.6 Å². The van der Waals surface area contributed by atoms with Gasteiger partial charge < -0.3 is 20.5 Å². The molecule has 5 heteroatoms. The van der Waals surface area contributed by atoms with Gasteiger partial charge in [0.05, 0.1) is 0 Å². The van der Waals surface area contributed by atoms with Gasteiger partial charge in [-0.15, -0.1) is 0 Å². The molecule has 0 saturated carbocycles. The summed E-state index contributed by atoms with van der Waals surface area (Å²) in [5.74, 6) is 0.549. The van der Waals surface area contributed by atoms with Crippen LogP contribution in [0.2, 0.25) is 0 Å². The van der Waals surface area contributed by atoms with Crippen molar-refractivity contribution in [3.63, 3.8) is 0 Å². The van der Waals surface area contributed by atoms with E-state index in [9.17, 15) is 9.90 Å². The number of aliphatic hydroxyl groups excluding tert-OH is 1. The Balaban J connectivity index is 2.31. The summed E-state index contributed by atoms with van der Waals surface area (Å²) in [5.41, 5.74) is -0.467. The van der Waals surface area contributed by atoms with E-state index in [1.807, 2.05) is 20.8 Å². The number of aliphatic hydroxyl groups is 1. The second-order valence-electron chi connectivity index (χ2n) is 5.58. The van der Waals surface area contributed by atoms with Gasteiger partial charge in [0.1, 0.15) is 5.60 Å². The normalized spacial score (nSPS) is 25.4. The molecule has 2 atom stereocenters. The number of carbonyl (C=O) groups excluding carboxylic acids is 1. The molecule has 1 heterocycles. The van der Waals surface area contributed by atoms with Crippen LogP contribution in [0, 0.1) is 11.8 Å². The molecule has 1 saturated heterocycles. The maximum atomic E-state index is 11.5. The molecule has 3 N–H and O–H groups in total. The highest BCUT2D eigenvalue weighted by atomic mass is 16.6. The lowest BCUT2D eigenvalue weighted by molar-refractivity contribution is 0.0498. The minimum Gasteiger partial charge on any atom is -0.444 e. The summed E-state index contributed by atoms with van der Waals surface area (Å²) >= 11 is 0. The Bertz CT molecular complexity index is 251. The minimum atomic E-state index is -0.467. The van der Waals surface area contributed by atoms with E-state index in [-0.39, 0.29) is 24.5 Å². The smallest absolute Gasteiger partial charge is 0.407 e. The summed E-state index contributed by atoms with van der Waals surface area (Å²) in [7, 11) is 0. The molecule has 0 aromatic rings. The molecule has 5 nitrogen and oxygen atoms in total. The number of hydrogen-bond acceptors (Lipinski definition) is 4. The quantitative estimate of drug-likeness (QED) is 0.684. The predicted molar refractivity (Wildman–Crippen MR) is 65.8 cm³/mol. The molecule has 0 aromatic carbocycles. The Labute approximate surface area is 103 Å². The third-order valence-electron chi connectivity index (χ3n) is 2.91. The second kappa shape index (κ2) is 6.21. The second-order valence-corrected chi connectivity index (χ2v) is 5.58. The Morgan fingerprint density at radius 3 is 2.76 bits per heavy atom. The van der Waals surface area contributed by atoms with Gasteiger partial charge in [-0.3, -0.25) is 0 Å². The van der Waals surface area contributed by atoms with Crippen molar-refractivity contribution >= 4 is 6.09 Å². The van der Waals surface area contributed by atoms with Crippen molar-refractivity contribution < 1.29 is 14.6 Å². The Morgan fingerprint density at radius 1 is 1.47 bits per heavy atom. The van der Waals surface area contributed by atoms with Gasteiger partial charge in [0.2, 0.25) is 0 Å². The van der Waals surface area contributed by atoms with Crippen molar-refractivity contribution in [3.8, 4) is 0 Å².